The summed E-state index contributed by atoms with van der Waals surface area (Å²) in [5, 5.41) is 1.13. The zero-order chi connectivity index (χ0) is 17.2. The number of hydrogen-bond acceptors (Lipinski definition) is 4. The number of halogens is 1. The Bertz CT molecular complexity index is 1040. The van der Waals surface area contributed by atoms with E-state index >= 15 is 0 Å². The predicted octanol–water partition coefficient (Wildman–Crippen LogP) is 4.83. The number of carbonyl (C=O) groups excluding carboxylic acids is 1. The van der Waals surface area contributed by atoms with Gasteiger partial charge in [0, 0.05) is 16.5 Å². The van der Waals surface area contributed by atoms with Crippen LogP contribution in [0, 0.1) is 0 Å². The van der Waals surface area contributed by atoms with Gasteiger partial charge in [0.05, 0.1) is 5.02 Å². The zero-order valence-electron chi connectivity index (χ0n) is 13.0. The molecule has 0 aliphatic rings. The number of benzene rings is 2. The molecule has 6 heteroatoms. The van der Waals surface area contributed by atoms with E-state index in [1.54, 1.807) is 0 Å². The van der Waals surface area contributed by atoms with E-state index in [9.17, 15) is 4.79 Å². The third-order valence-electron chi connectivity index (χ3n) is 3.77. The molecule has 2 heterocycles. The molecule has 0 aliphatic heterocycles. The number of H-pyrrole nitrogens is 1. The molecule has 0 unspecified atom stereocenters. The Morgan fingerprint density at radius 1 is 1.12 bits per heavy atom. The molecule has 0 aliphatic carbocycles. The van der Waals surface area contributed by atoms with Crippen LogP contribution in [0.2, 0.25) is 5.02 Å². The van der Waals surface area contributed by atoms with Crippen LogP contribution in [-0.4, -0.2) is 15.9 Å². The Balaban J connectivity index is 1.48. The summed E-state index contributed by atoms with van der Waals surface area (Å²) >= 11 is 6.25. The fourth-order valence-corrected chi connectivity index (χ4v) is 2.84. The number of oxazole rings is 1. The smallest absolute Gasteiger partial charge is 0.356 e. The van der Waals surface area contributed by atoms with Gasteiger partial charge < -0.3 is 14.1 Å². The molecule has 0 bridgehead atoms. The molecule has 0 saturated heterocycles. The maximum absolute atomic E-state index is 12.3. The topological polar surface area (TPSA) is 68.1 Å². The Morgan fingerprint density at radius 3 is 2.68 bits per heavy atom. The van der Waals surface area contributed by atoms with Crippen molar-refractivity contribution in [2.45, 2.75) is 6.61 Å². The number of fused-ring (bicyclic) bond motifs is 1. The van der Waals surface area contributed by atoms with E-state index in [1.165, 1.54) is 6.26 Å². The monoisotopic (exact) mass is 352 g/mol. The first-order chi connectivity index (χ1) is 12.2. The Morgan fingerprint density at radius 2 is 1.88 bits per heavy atom. The van der Waals surface area contributed by atoms with Crippen molar-refractivity contribution in [1.29, 1.82) is 0 Å². The lowest BCUT2D eigenvalue weighted by molar-refractivity contribution is 0.0462. The SMILES string of the molecule is O=C(OCc1coc(-c2ccccc2)n1)c1[nH]c2ccccc2c1Cl. The average molecular weight is 353 g/mol. The quantitative estimate of drug-likeness (QED) is 0.534. The van der Waals surface area contributed by atoms with Gasteiger partial charge in [-0.2, -0.15) is 0 Å². The molecular weight excluding hydrogens is 340 g/mol. The van der Waals surface area contributed by atoms with Crippen LogP contribution in [0.25, 0.3) is 22.4 Å². The first-order valence-electron chi connectivity index (χ1n) is 7.65. The second-order valence-electron chi connectivity index (χ2n) is 5.45. The van der Waals surface area contributed by atoms with Crippen LogP contribution in [0.5, 0.6) is 0 Å². The van der Waals surface area contributed by atoms with Gasteiger partial charge in [0.15, 0.2) is 0 Å². The maximum Gasteiger partial charge on any atom is 0.356 e. The van der Waals surface area contributed by atoms with Crippen LogP contribution in [-0.2, 0) is 11.3 Å². The van der Waals surface area contributed by atoms with Gasteiger partial charge in [-0.1, -0.05) is 48.0 Å². The number of para-hydroxylation sites is 1. The molecule has 4 aromatic rings. The van der Waals surface area contributed by atoms with Gasteiger partial charge in [-0.05, 0) is 18.2 Å². The van der Waals surface area contributed by atoms with E-state index < -0.39 is 5.97 Å². The number of rotatable bonds is 4. The molecule has 0 spiro atoms. The van der Waals surface area contributed by atoms with Crippen LogP contribution in [0.15, 0.2) is 65.3 Å². The third kappa shape index (κ3) is 3.02. The lowest BCUT2D eigenvalue weighted by atomic mass is 10.2. The molecule has 0 saturated carbocycles. The van der Waals surface area contributed by atoms with Crippen molar-refractivity contribution in [2.24, 2.45) is 0 Å². The minimum atomic E-state index is -0.537. The summed E-state index contributed by atoms with van der Waals surface area (Å²) in [5.41, 5.74) is 2.40. The normalized spacial score (nSPS) is 10.9. The fraction of sp³-hybridized carbons (Fsp3) is 0.0526. The van der Waals surface area contributed by atoms with Gasteiger partial charge >= 0.3 is 5.97 Å². The summed E-state index contributed by atoms with van der Waals surface area (Å²) in [7, 11) is 0. The lowest BCUT2D eigenvalue weighted by Gasteiger charge is -2.01. The Hall–Kier alpha value is -3.05. The minimum absolute atomic E-state index is 0.000854. The number of aromatic amines is 1. The Kier molecular flexibility index (Phi) is 3.99. The fourth-order valence-electron chi connectivity index (χ4n) is 2.55. The second-order valence-corrected chi connectivity index (χ2v) is 5.82. The number of nitrogens with zero attached hydrogens (tertiary/aromatic N) is 1. The molecule has 2 aromatic carbocycles. The zero-order valence-corrected chi connectivity index (χ0v) is 13.8. The van der Waals surface area contributed by atoms with E-state index in [0.29, 0.717) is 16.6 Å². The van der Waals surface area contributed by atoms with E-state index in [0.717, 1.165) is 16.5 Å². The molecule has 0 atom stereocenters. The summed E-state index contributed by atoms with van der Waals surface area (Å²) in [4.78, 5) is 19.6. The minimum Gasteiger partial charge on any atom is -0.454 e. The van der Waals surface area contributed by atoms with Crippen molar-refractivity contribution < 1.29 is 13.9 Å². The molecule has 5 nitrogen and oxygen atoms in total. The molecule has 0 amide bonds. The third-order valence-corrected chi connectivity index (χ3v) is 4.16. The second kappa shape index (κ2) is 6.45. The van der Waals surface area contributed by atoms with Crippen molar-refractivity contribution in [3.8, 4) is 11.5 Å². The van der Waals surface area contributed by atoms with Crippen LogP contribution < -0.4 is 0 Å². The predicted molar refractivity (Wildman–Crippen MR) is 94.4 cm³/mol. The molecule has 1 N–H and O–H groups in total. The molecule has 4 rings (SSSR count). The molecular formula is C19H13ClN2O3. The van der Waals surface area contributed by atoms with Crippen molar-refractivity contribution in [2.75, 3.05) is 0 Å². The molecule has 25 heavy (non-hydrogen) atoms. The number of nitrogens with one attached hydrogen (secondary N) is 1. The number of ether oxygens (including phenoxy) is 1. The highest BCUT2D eigenvalue weighted by atomic mass is 35.5. The molecule has 124 valence electrons. The first-order valence-corrected chi connectivity index (χ1v) is 8.03. The first kappa shape index (κ1) is 15.5. The van der Waals surface area contributed by atoms with Crippen molar-refractivity contribution >= 4 is 28.5 Å². The van der Waals surface area contributed by atoms with E-state index in [2.05, 4.69) is 9.97 Å². The highest BCUT2D eigenvalue weighted by molar-refractivity contribution is 6.38. The van der Waals surface area contributed by atoms with Crippen molar-refractivity contribution in [3.05, 3.63) is 77.3 Å². The highest BCUT2D eigenvalue weighted by Crippen LogP contribution is 2.28. The standard InChI is InChI=1S/C19H13ClN2O3/c20-16-14-8-4-5-9-15(14)22-17(16)19(23)25-11-13-10-24-18(21-13)12-6-2-1-3-7-12/h1-10,22H,11H2. The van der Waals surface area contributed by atoms with Gasteiger partial charge in [0.2, 0.25) is 5.89 Å². The lowest BCUT2D eigenvalue weighted by Crippen LogP contribution is -2.06. The van der Waals surface area contributed by atoms with Gasteiger partial charge in [-0.25, -0.2) is 9.78 Å². The van der Waals surface area contributed by atoms with Gasteiger partial charge in [-0.3, -0.25) is 0 Å². The summed E-state index contributed by atoms with van der Waals surface area (Å²) in [6.07, 6.45) is 1.47. The van der Waals surface area contributed by atoms with E-state index in [1.807, 2.05) is 54.6 Å². The molecule has 0 radical (unpaired) electrons. The summed E-state index contributed by atoms with van der Waals surface area (Å²) < 4.78 is 10.7. The highest BCUT2D eigenvalue weighted by Gasteiger charge is 2.18. The number of aromatic nitrogens is 2. The van der Waals surface area contributed by atoms with E-state index in [4.69, 9.17) is 20.8 Å². The van der Waals surface area contributed by atoms with Crippen LogP contribution >= 0.6 is 11.6 Å². The summed E-state index contributed by atoms with van der Waals surface area (Å²) in [6.45, 7) is 0.000854. The van der Waals surface area contributed by atoms with Gasteiger partial charge in [0.25, 0.3) is 0 Å². The van der Waals surface area contributed by atoms with Gasteiger partial charge in [0.1, 0.15) is 24.3 Å². The summed E-state index contributed by atoms with van der Waals surface area (Å²) in [6, 6.07) is 16.9. The van der Waals surface area contributed by atoms with Gasteiger partial charge in [-0.15, -0.1) is 0 Å². The van der Waals surface area contributed by atoms with Crippen molar-refractivity contribution in [1.82, 2.24) is 9.97 Å². The maximum atomic E-state index is 12.3. The average Bonchev–Trinajstić information content (AvgIpc) is 3.26. The number of esters is 1. The number of hydrogen-bond donors (Lipinski definition) is 1. The van der Waals surface area contributed by atoms with Crippen LogP contribution in [0.4, 0.5) is 0 Å². The van der Waals surface area contributed by atoms with E-state index in [-0.39, 0.29) is 12.3 Å². The molecule has 2 aromatic heterocycles. The van der Waals surface area contributed by atoms with Crippen molar-refractivity contribution in [3.63, 3.8) is 0 Å². The molecule has 0 fully saturated rings. The Labute approximate surface area is 148 Å². The van der Waals surface area contributed by atoms with Crippen LogP contribution in [0.1, 0.15) is 16.2 Å². The summed E-state index contributed by atoms with van der Waals surface area (Å²) in [5.74, 6) is -0.0549. The largest absolute Gasteiger partial charge is 0.454 e. The number of carbonyl (C=O) groups is 1. The van der Waals surface area contributed by atoms with Crippen LogP contribution in [0.3, 0.4) is 0 Å².